The molecule has 0 fully saturated rings. The van der Waals surface area contributed by atoms with Gasteiger partial charge in [-0.3, -0.25) is 0 Å². The van der Waals surface area contributed by atoms with Crippen molar-refractivity contribution in [3.8, 4) is 0 Å². The van der Waals surface area contributed by atoms with Gasteiger partial charge in [-0.25, -0.2) is 9.37 Å². The summed E-state index contributed by atoms with van der Waals surface area (Å²) in [5.41, 5.74) is 1.74. The van der Waals surface area contributed by atoms with Gasteiger partial charge in [0.25, 0.3) is 0 Å². The Hall–Kier alpha value is -0.780. The summed E-state index contributed by atoms with van der Waals surface area (Å²) in [6.45, 7) is 0. The van der Waals surface area contributed by atoms with Gasteiger partial charge in [-0.2, -0.15) is 0 Å². The highest BCUT2D eigenvalue weighted by Crippen LogP contribution is 2.25. The number of hydrogen-bond donors (Lipinski definition) is 1. The normalized spacial score (nSPS) is 10.3. The second kappa shape index (κ2) is 4.83. The maximum atomic E-state index is 12.8. The quantitative estimate of drug-likeness (QED) is 0.843. The third-order valence-electron chi connectivity index (χ3n) is 1.60. The molecule has 0 aliphatic carbocycles. The van der Waals surface area contributed by atoms with E-state index in [1.54, 1.807) is 17.6 Å². The molecule has 0 saturated carbocycles. The van der Waals surface area contributed by atoms with Crippen LogP contribution in [-0.2, 0) is 0 Å². The van der Waals surface area contributed by atoms with Crippen molar-refractivity contribution in [1.82, 2.24) is 4.98 Å². The largest absolute Gasteiger partial charge is 0.310 e. The van der Waals surface area contributed by atoms with Crippen molar-refractivity contribution in [2.24, 2.45) is 0 Å². The maximum Gasteiger partial charge on any atom is 0.147 e. The predicted octanol–water partition coefficient (Wildman–Crippen LogP) is 4.05. The molecule has 1 heterocycles. The van der Waals surface area contributed by atoms with Crippen LogP contribution in [-0.4, -0.2) is 4.98 Å². The second-order valence-electron chi connectivity index (χ2n) is 2.65. The van der Waals surface area contributed by atoms with Crippen LogP contribution in [0.25, 0.3) is 0 Å². The lowest BCUT2D eigenvalue weighted by Crippen LogP contribution is -1.86. The van der Waals surface area contributed by atoms with Crippen molar-refractivity contribution < 1.29 is 4.39 Å². The summed E-state index contributed by atoms with van der Waals surface area (Å²) in [7, 11) is 0. The number of nitrogens with zero attached hydrogens (tertiary/aromatic N) is 1. The molecular weight excluding hydrogens is 255 g/mol. The van der Waals surface area contributed by atoms with Gasteiger partial charge in [0.2, 0.25) is 0 Å². The van der Waals surface area contributed by atoms with Crippen molar-refractivity contribution >= 4 is 40.7 Å². The first-order valence-corrected chi connectivity index (χ1v) is 6.15. The molecule has 2 rings (SSSR count). The zero-order valence-corrected chi connectivity index (χ0v) is 9.80. The van der Waals surface area contributed by atoms with Crippen LogP contribution < -0.4 is 4.72 Å². The van der Waals surface area contributed by atoms with Gasteiger partial charge in [-0.05, 0) is 30.1 Å². The smallest absolute Gasteiger partial charge is 0.147 e. The Labute approximate surface area is 99.6 Å². The lowest BCUT2D eigenvalue weighted by molar-refractivity contribution is 0.627. The molecule has 6 heteroatoms. The first-order chi connectivity index (χ1) is 7.25. The summed E-state index contributed by atoms with van der Waals surface area (Å²) in [6.07, 6.45) is 0. The monoisotopic (exact) mass is 260 g/mol. The third-order valence-corrected chi connectivity index (χ3v) is 3.27. The van der Waals surface area contributed by atoms with E-state index < -0.39 is 5.82 Å². The minimum Gasteiger partial charge on any atom is -0.310 e. The van der Waals surface area contributed by atoms with E-state index in [4.69, 9.17) is 11.6 Å². The van der Waals surface area contributed by atoms with Gasteiger partial charge in [0.1, 0.15) is 11.6 Å². The summed E-state index contributed by atoms with van der Waals surface area (Å²) in [4.78, 5) is 4.89. The third kappa shape index (κ3) is 2.84. The van der Waals surface area contributed by atoms with Gasteiger partial charge in [-0.15, -0.1) is 11.3 Å². The molecule has 1 N–H and O–H groups in total. The zero-order valence-electron chi connectivity index (χ0n) is 7.41. The molecule has 2 nitrogen and oxygen atoms in total. The summed E-state index contributed by atoms with van der Waals surface area (Å²) in [5, 5.41) is 2.01. The van der Waals surface area contributed by atoms with Crippen LogP contribution in [0.3, 0.4) is 0 Å². The molecule has 0 aliphatic heterocycles. The molecule has 0 radical (unpaired) electrons. The molecule has 0 saturated heterocycles. The number of benzene rings is 1. The van der Waals surface area contributed by atoms with Gasteiger partial charge in [0, 0.05) is 10.3 Å². The number of halogens is 2. The van der Waals surface area contributed by atoms with E-state index in [-0.39, 0.29) is 5.02 Å². The Morgan fingerprint density at radius 2 is 2.33 bits per heavy atom. The van der Waals surface area contributed by atoms with E-state index in [9.17, 15) is 4.39 Å². The van der Waals surface area contributed by atoms with Crippen LogP contribution in [0.2, 0.25) is 5.02 Å². The van der Waals surface area contributed by atoms with Crippen LogP contribution in [0, 0.1) is 5.82 Å². The number of rotatable bonds is 3. The first-order valence-electron chi connectivity index (χ1n) is 4.02. The zero-order chi connectivity index (χ0) is 10.7. The predicted molar refractivity (Wildman–Crippen MR) is 63.0 cm³/mol. The Morgan fingerprint density at radius 3 is 3.00 bits per heavy atom. The topological polar surface area (TPSA) is 24.9 Å². The van der Waals surface area contributed by atoms with Crippen LogP contribution in [0.1, 0.15) is 0 Å². The number of aromatic nitrogens is 1. The molecule has 0 aliphatic rings. The molecule has 0 unspecified atom stereocenters. The molecule has 0 amide bonds. The molecule has 0 atom stereocenters. The van der Waals surface area contributed by atoms with Gasteiger partial charge < -0.3 is 4.72 Å². The minimum absolute atomic E-state index is 0.125. The Kier molecular flexibility index (Phi) is 3.45. The van der Waals surface area contributed by atoms with Crippen molar-refractivity contribution in [2.45, 2.75) is 4.90 Å². The van der Waals surface area contributed by atoms with Crippen LogP contribution in [0.4, 0.5) is 10.2 Å². The summed E-state index contributed by atoms with van der Waals surface area (Å²) in [6, 6.07) is 4.57. The lowest BCUT2D eigenvalue weighted by atomic mass is 10.3. The number of anilines is 1. The van der Waals surface area contributed by atoms with E-state index in [0.29, 0.717) is 0 Å². The van der Waals surface area contributed by atoms with E-state index in [0.717, 1.165) is 10.7 Å². The number of thiazole rings is 1. The molecular formula is C9H6ClFN2S2. The second-order valence-corrected chi connectivity index (χ2v) is 4.66. The van der Waals surface area contributed by atoms with E-state index in [2.05, 4.69) is 9.71 Å². The molecule has 78 valence electrons. The molecule has 2 aromatic rings. The van der Waals surface area contributed by atoms with Gasteiger partial charge in [-0.1, -0.05) is 11.6 Å². The standard InChI is InChI=1S/C9H6ClFN2S2/c10-7-3-6(1-2-8(7)11)15-13-9-4-14-5-12-9/h1-5,13H. The lowest BCUT2D eigenvalue weighted by Gasteiger charge is -2.02. The fraction of sp³-hybridized carbons (Fsp3) is 0. The van der Waals surface area contributed by atoms with Crippen molar-refractivity contribution in [1.29, 1.82) is 0 Å². The van der Waals surface area contributed by atoms with Crippen LogP contribution in [0.5, 0.6) is 0 Å². The first kappa shape index (κ1) is 10.7. The Balaban J connectivity index is 2.02. The highest BCUT2D eigenvalue weighted by atomic mass is 35.5. The van der Waals surface area contributed by atoms with Gasteiger partial charge in [0.15, 0.2) is 0 Å². The summed E-state index contributed by atoms with van der Waals surface area (Å²) >= 11 is 8.50. The molecule has 1 aromatic heterocycles. The average Bonchev–Trinajstić information content (AvgIpc) is 2.73. The van der Waals surface area contributed by atoms with Gasteiger partial charge >= 0.3 is 0 Å². The van der Waals surface area contributed by atoms with Crippen molar-refractivity contribution in [3.05, 3.63) is 39.9 Å². The van der Waals surface area contributed by atoms with Gasteiger partial charge in [0.05, 0.1) is 10.5 Å². The van der Waals surface area contributed by atoms with Crippen molar-refractivity contribution in [2.75, 3.05) is 4.72 Å². The molecule has 0 bridgehead atoms. The van der Waals surface area contributed by atoms with Crippen molar-refractivity contribution in [3.63, 3.8) is 0 Å². The fourth-order valence-electron chi connectivity index (χ4n) is 0.914. The average molecular weight is 261 g/mol. The maximum absolute atomic E-state index is 12.8. The van der Waals surface area contributed by atoms with Crippen LogP contribution in [0.15, 0.2) is 34.0 Å². The minimum atomic E-state index is -0.408. The van der Waals surface area contributed by atoms with E-state index in [1.165, 1.54) is 29.4 Å². The Morgan fingerprint density at radius 1 is 1.47 bits per heavy atom. The molecule has 1 aromatic carbocycles. The fourth-order valence-corrected chi connectivity index (χ4v) is 2.37. The summed E-state index contributed by atoms with van der Waals surface area (Å²) in [5.74, 6) is 0.375. The van der Waals surface area contributed by atoms with E-state index >= 15 is 0 Å². The molecule has 15 heavy (non-hydrogen) atoms. The number of nitrogens with one attached hydrogen (secondary N) is 1. The highest BCUT2D eigenvalue weighted by Gasteiger charge is 2.01. The SMILES string of the molecule is Fc1ccc(SNc2cscn2)cc1Cl. The Bertz CT molecular complexity index is 447. The summed E-state index contributed by atoms with van der Waals surface area (Å²) < 4.78 is 15.9. The molecule has 0 spiro atoms. The van der Waals surface area contributed by atoms with Crippen LogP contribution >= 0.6 is 34.9 Å². The highest BCUT2D eigenvalue weighted by molar-refractivity contribution is 8.00. The van der Waals surface area contributed by atoms with E-state index in [1.807, 2.05) is 5.38 Å². The number of hydrogen-bond acceptors (Lipinski definition) is 4.